The van der Waals surface area contributed by atoms with E-state index in [9.17, 15) is 0 Å². The molecule has 124 valence electrons. The van der Waals surface area contributed by atoms with Crippen molar-refractivity contribution >= 4 is 11.2 Å². The average molecular weight is 313 g/mol. The molecule has 0 aliphatic carbocycles. The van der Waals surface area contributed by atoms with E-state index in [1.165, 1.54) is 51.0 Å². The first-order valence-electron chi connectivity index (χ1n) is 8.95. The Hall–Kier alpha value is -1.46. The summed E-state index contributed by atoms with van der Waals surface area (Å²) in [5.41, 5.74) is 2.10. The van der Waals surface area contributed by atoms with E-state index < -0.39 is 0 Å². The summed E-state index contributed by atoms with van der Waals surface area (Å²) >= 11 is 0. The molecule has 0 amide bonds. The summed E-state index contributed by atoms with van der Waals surface area (Å²) in [6.07, 6.45) is 8.29. The second-order valence-electron chi connectivity index (χ2n) is 7.20. The molecule has 2 aliphatic rings. The van der Waals surface area contributed by atoms with Gasteiger partial charge >= 0.3 is 0 Å². The fraction of sp³-hybridized carbons (Fsp3) is 0.667. The molecule has 5 nitrogen and oxygen atoms in total. The molecular formula is C18H27N5. The molecule has 4 rings (SSSR count). The zero-order chi connectivity index (χ0) is 15.8. The van der Waals surface area contributed by atoms with Gasteiger partial charge in [0.2, 0.25) is 0 Å². The minimum absolute atomic E-state index is 0.435. The minimum atomic E-state index is 0.435. The van der Waals surface area contributed by atoms with Gasteiger partial charge in [0.05, 0.1) is 6.04 Å². The number of fused-ring (bicyclic) bond motifs is 1. The third kappa shape index (κ3) is 2.76. The first-order chi connectivity index (χ1) is 11.2. The van der Waals surface area contributed by atoms with Gasteiger partial charge in [-0.25, -0.2) is 9.97 Å². The number of pyridine rings is 1. The van der Waals surface area contributed by atoms with Crippen LogP contribution in [-0.2, 0) is 6.54 Å². The number of imidazole rings is 1. The van der Waals surface area contributed by atoms with Crippen molar-refractivity contribution in [2.75, 3.05) is 27.2 Å². The Labute approximate surface area is 138 Å². The summed E-state index contributed by atoms with van der Waals surface area (Å²) < 4.78 is 2.41. The van der Waals surface area contributed by atoms with Crippen LogP contribution in [0.15, 0.2) is 18.3 Å². The lowest BCUT2D eigenvalue weighted by Gasteiger charge is -2.33. The van der Waals surface area contributed by atoms with E-state index >= 15 is 0 Å². The highest BCUT2D eigenvalue weighted by Gasteiger charge is 2.29. The fourth-order valence-corrected chi connectivity index (χ4v) is 4.23. The van der Waals surface area contributed by atoms with E-state index in [4.69, 9.17) is 4.98 Å². The maximum Gasteiger partial charge on any atom is 0.160 e. The molecule has 2 saturated heterocycles. The van der Waals surface area contributed by atoms with Crippen LogP contribution in [0.1, 0.15) is 44.0 Å². The lowest BCUT2D eigenvalue weighted by Crippen LogP contribution is -2.34. The third-order valence-corrected chi connectivity index (χ3v) is 5.67. The standard InChI is InChI=1S/C18H27N5/c1-21-12-6-7-14(21)13-23-17-15(8-5-10-19-17)20-18(23)16-9-3-4-11-22(16)2/h5,8,10,14,16H,3-4,6-7,9,11-13H2,1-2H3. The molecule has 0 aromatic carbocycles. The molecule has 0 bridgehead atoms. The molecule has 2 atom stereocenters. The van der Waals surface area contributed by atoms with E-state index in [1.807, 2.05) is 12.3 Å². The van der Waals surface area contributed by atoms with Gasteiger partial charge in [-0.3, -0.25) is 4.90 Å². The Bertz CT molecular complexity index is 679. The van der Waals surface area contributed by atoms with Crippen molar-refractivity contribution in [1.29, 1.82) is 0 Å². The fourth-order valence-electron chi connectivity index (χ4n) is 4.23. The molecule has 0 spiro atoms. The van der Waals surface area contributed by atoms with Gasteiger partial charge in [-0.2, -0.15) is 0 Å². The van der Waals surface area contributed by atoms with Crippen molar-refractivity contribution in [3.63, 3.8) is 0 Å². The summed E-state index contributed by atoms with van der Waals surface area (Å²) in [7, 11) is 4.49. The van der Waals surface area contributed by atoms with Crippen molar-refractivity contribution < 1.29 is 0 Å². The van der Waals surface area contributed by atoms with E-state index in [1.54, 1.807) is 0 Å². The highest BCUT2D eigenvalue weighted by atomic mass is 15.2. The molecule has 2 aromatic rings. The van der Waals surface area contributed by atoms with Gasteiger partial charge < -0.3 is 9.47 Å². The van der Waals surface area contributed by atoms with E-state index in [0.29, 0.717) is 12.1 Å². The number of hydrogen-bond acceptors (Lipinski definition) is 4. The first-order valence-corrected chi connectivity index (χ1v) is 8.95. The smallest absolute Gasteiger partial charge is 0.160 e. The van der Waals surface area contributed by atoms with Crippen molar-refractivity contribution in [3.8, 4) is 0 Å². The van der Waals surface area contributed by atoms with Crippen LogP contribution in [0.4, 0.5) is 0 Å². The summed E-state index contributed by atoms with van der Waals surface area (Å²) in [4.78, 5) is 14.6. The molecule has 2 fully saturated rings. The van der Waals surface area contributed by atoms with Gasteiger partial charge in [-0.1, -0.05) is 6.42 Å². The molecule has 2 unspecified atom stereocenters. The predicted octanol–water partition coefficient (Wildman–Crippen LogP) is 2.68. The summed E-state index contributed by atoms with van der Waals surface area (Å²) in [5.74, 6) is 1.22. The molecular weight excluding hydrogens is 286 g/mol. The summed E-state index contributed by atoms with van der Waals surface area (Å²) in [5, 5.41) is 0. The zero-order valence-corrected chi connectivity index (χ0v) is 14.3. The van der Waals surface area contributed by atoms with Crippen molar-refractivity contribution in [1.82, 2.24) is 24.3 Å². The van der Waals surface area contributed by atoms with Crippen LogP contribution in [0.3, 0.4) is 0 Å². The van der Waals surface area contributed by atoms with Gasteiger partial charge in [-0.05, 0) is 65.0 Å². The van der Waals surface area contributed by atoms with Crippen LogP contribution in [0.25, 0.3) is 11.2 Å². The second-order valence-corrected chi connectivity index (χ2v) is 7.20. The molecule has 0 saturated carbocycles. The SMILES string of the molecule is CN1CCCC1Cn1c(C2CCCCN2C)nc2cccnc21. The lowest BCUT2D eigenvalue weighted by molar-refractivity contribution is 0.173. The molecule has 0 radical (unpaired) electrons. The number of nitrogens with zero attached hydrogens (tertiary/aromatic N) is 5. The van der Waals surface area contributed by atoms with Crippen LogP contribution in [0.2, 0.25) is 0 Å². The highest BCUT2D eigenvalue weighted by Crippen LogP contribution is 2.31. The van der Waals surface area contributed by atoms with Crippen LogP contribution < -0.4 is 0 Å². The van der Waals surface area contributed by atoms with Crippen molar-refractivity contribution in [3.05, 3.63) is 24.2 Å². The van der Waals surface area contributed by atoms with Crippen LogP contribution in [-0.4, -0.2) is 57.6 Å². The molecule has 2 aliphatic heterocycles. The Morgan fingerprint density at radius 1 is 1.09 bits per heavy atom. The number of likely N-dealkylation sites (N-methyl/N-ethyl adjacent to an activating group) is 1. The number of aromatic nitrogens is 3. The topological polar surface area (TPSA) is 37.2 Å². The van der Waals surface area contributed by atoms with Gasteiger partial charge in [0.25, 0.3) is 0 Å². The van der Waals surface area contributed by atoms with Gasteiger partial charge in [0.1, 0.15) is 11.3 Å². The Balaban J connectivity index is 1.74. The zero-order valence-electron chi connectivity index (χ0n) is 14.3. The van der Waals surface area contributed by atoms with Gasteiger partial charge in [0, 0.05) is 18.8 Å². The molecule has 2 aromatic heterocycles. The quantitative estimate of drug-likeness (QED) is 0.873. The highest BCUT2D eigenvalue weighted by molar-refractivity contribution is 5.71. The first kappa shape index (κ1) is 15.1. The summed E-state index contributed by atoms with van der Waals surface area (Å²) in [6, 6.07) is 5.14. The normalized spacial score (nSPS) is 27.0. The summed E-state index contributed by atoms with van der Waals surface area (Å²) in [6.45, 7) is 3.40. The van der Waals surface area contributed by atoms with Gasteiger partial charge in [0.15, 0.2) is 5.65 Å². The molecule has 5 heteroatoms. The van der Waals surface area contributed by atoms with Crippen molar-refractivity contribution in [2.24, 2.45) is 0 Å². The van der Waals surface area contributed by atoms with E-state index in [0.717, 1.165) is 17.7 Å². The second kappa shape index (κ2) is 6.21. The number of piperidine rings is 1. The van der Waals surface area contributed by atoms with Crippen molar-refractivity contribution in [2.45, 2.75) is 50.7 Å². The molecule has 0 N–H and O–H groups in total. The number of likely N-dealkylation sites (tertiary alicyclic amines) is 2. The molecule has 23 heavy (non-hydrogen) atoms. The number of rotatable bonds is 3. The molecule has 4 heterocycles. The van der Waals surface area contributed by atoms with Gasteiger partial charge in [-0.15, -0.1) is 0 Å². The van der Waals surface area contributed by atoms with Crippen LogP contribution in [0.5, 0.6) is 0 Å². The average Bonchev–Trinajstić information content (AvgIpc) is 3.13. The third-order valence-electron chi connectivity index (χ3n) is 5.67. The maximum absolute atomic E-state index is 4.99. The van der Waals surface area contributed by atoms with Crippen LogP contribution >= 0.6 is 0 Å². The lowest BCUT2D eigenvalue weighted by atomic mass is 10.0. The predicted molar refractivity (Wildman–Crippen MR) is 92.4 cm³/mol. The minimum Gasteiger partial charge on any atom is -0.310 e. The largest absolute Gasteiger partial charge is 0.310 e. The van der Waals surface area contributed by atoms with E-state index in [2.05, 4.69) is 39.5 Å². The van der Waals surface area contributed by atoms with E-state index in [-0.39, 0.29) is 0 Å². The maximum atomic E-state index is 4.99. The van der Waals surface area contributed by atoms with Crippen LogP contribution in [0, 0.1) is 0 Å². The Kier molecular flexibility index (Phi) is 4.07. The Morgan fingerprint density at radius 2 is 1.96 bits per heavy atom. The Morgan fingerprint density at radius 3 is 2.74 bits per heavy atom. The monoisotopic (exact) mass is 313 g/mol. The number of hydrogen-bond donors (Lipinski definition) is 0.